The lowest BCUT2D eigenvalue weighted by atomic mass is 9.80. The maximum Gasteiger partial charge on any atom is 0.410 e. The van der Waals surface area contributed by atoms with Crippen molar-refractivity contribution in [1.29, 1.82) is 0 Å². The smallest absolute Gasteiger partial charge is 0.410 e. The van der Waals surface area contributed by atoms with Gasteiger partial charge in [-0.1, -0.05) is 0 Å². The molecular formula is C15H27NO4. The molecule has 116 valence electrons. The first-order valence-electron chi connectivity index (χ1n) is 7.57. The Morgan fingerprint density at radius 1 is 1.30 bits per heavy atom. The van der Waals surface area contributed by atoms with Crippen LogP contribution in [0.3, 0.4) is 0 Å². The number of aliphatic hydroxyl groups excluding tert-OH is 1. The molecule has 0 aromatic carbocycles. The zero-order chi connectivity index (χ0) is 14.8. The highest BCUT2D eigenvalue weighted by molar-refractivity contribution is 5.68. The van der Waals surface area contributed by atoms with Crippen molar-refractivity contribution in [1.82, 2.24) is 4.90 Å². The molecular weight excluding hydrogens is 258 g/mol. The van der Waals surface area contributed by atoms with Crippen LogP contribution in [-0.2, 0) is 9.47 Å². The summed E-state index contributed by atoms with van der Waals surface area (Å²) >= 11 is 0. The van der Waals surface area contributed by atoms with Crippen molar-refractivity contribution >= 4 is 6.09 Å². The maximum atomic E-state index is 12.1. The Kier molecular flexibility index (Phi) is 4.91. The molecule has 0 spiro atoms. The lowest BCUT2D eigenvalue weighted by Crippen LogP contribution is -2.36. The van der Waals surface area contributed by atoms with Crippen molar-refractivity contribution < 1.29 is 19.4 Å². The van der Waals surface area contributed by atoms with Gasteiger partial charge in [-0.05, 0) is 45.4 Å². The summed E-state index contributed by atoms with van der Waals surface area (Å²) in [6.45, 7) is 8.67. The number of amides is 1. The third-order valence-electron chi connectivity index (χ3n) is 4.25. The van der Waals surface area contributed by atoms with Crippen molar-refractivity contribution in [2.75, 3.05) is 32.9 Å². The van der Waals surface area contributed by atoms with E-state index < -0.39 is 5.60 Å². The molecule has 0 saturated carbocycles. The fraction of sp³-hybridized carbons (Fsp3) is 0.933. The molecule has 2 aliphatic heterocycles. The summed E-state index contributed by atoms with van der Waals surface area (Å²) in [7, 11) is 0. The van der Waals surface area contributed by atoms with Crippen LogP contribution >= 0.6 is 0 Å². The van der Waals surface area contributed by atoms with Crippen LogP contribution in [0.2, 0.25) is 0 Å². The summed E-state index contributed by atoms with van der Waals surface area (Å²) in [6, 6.07) is 0. The first-order valence-corrected chi connectivity index (χ1v) is 7.57. The minimum Gasteiger partial charge on any atom is -0.444 e. The van der Waals surface area contributed by atoms with Crippen LogP contribution < -0.4 is 0 Å². The monoisotopic (exact) mass is 285 g/mol. The van der Waals surface area contributed by atoms with E-state index in [2.05, 4.69) is 0 Å². The molecule has 0 unspecified atom stereocenters. The highest BCUT2D eigenvalue weighted by atomic mass is 16.6. The molecule has 20 heavy (non-hydrogen) atoms. The van der Waals surface area contributed by atoms with Crippen molar-refractivity contribution in [3.63, 3.8) is 0 Å². The largest absolute Gasteiger partial charge is 0.444 e. The first kappa shape index (κ1) is 15.6. The van der Waals surface area contributed by atoms with Crippen LogP contribution in [0.25, 0.3) is 0 Å². The van der Waals surface area contributed by atoms with Crippen LogP contribution in [0, 0.1) is 17.8 Å². The van der Waals surface area contributed by atoms with Crippen molar-refractivity contribution in [3.8, 4) is 0 Å². The summed E-state index contributed by atoms with van der Waals surface area (Å²) in [5, 5.41) is 9.59. The molecule has 0 aliphatic carbocycles. The Hall–Kier alpha value is -0.810. The molecule has 2 rings (SSSR count). The van der Waals surface area contributed by atoms with Gasteiger partial charge in [0.2, 0.25) is 0 Å². The summed E-state index contributed by atoms with van der Waals surface area (Å²) in [6.07, 6.45) is 1.80. The van der Waals surface area contributed by atoms with Gasteiger partial charge < -0.3 is 19.5 Å². The highest BCUT2D eigenvalue weighted by Crippen LogP contribution is 2.35. The second kappa shape index (κ2) is 6.31. The van der Waals surface area contributed by atoms with Gasteiger partial charge in [0.1, 0.15) is 5.60 Å². The standard InChI is InChI=1S/C15H27NO4/c1-15(2,3)20-14(18)16-8-12(10-17)13(9-16)11-4-6-19-7-5-11/h11-13,17H,4-10H2,1-3H3/t12-,13-/m0/s1. The van der Waals surface area contributed by atoms with Gasteiger partial charge in [-0.2, -0.15) is 0 Å². The quantitative estimate of drug-likeness (QED) is 0.841. The van der Waals surface area contributed by atoms with E-state index in [0.717, 1.165) is 26.1 Å². The summed E-state index contributed by atoms with van der Waals surface area (Å²) in [4.78, 5) is 13.9. The minimum atomic E-state index is -0.470. The molecule has 2 fully saturated rings. The number of hydrogen-bond acceptors (Lipinski definition) is 4. The van der Waals surface area contributed by atoms with Gasteiger partial charge in [0, 0.05) is 38.8 Å². The second-order valence-electron chi connectivity index (χ2n) is 6.94. The molecule has 1 amide bonds. The Morgan fingerprint density at radius 3 is 2.50 bits per heavy atom. The van der Waals surface area contributed by atoms with E-state index in [1.807, 2.05) is 20.8 Å². The van der Waals surface area contributed by atoms with E-state index in [1.54, 1.807) is 4.90 Å². The van der Waals surface area contributed by atoms with E-state index in [0.29, 0.717) is 24.9 Å². The number of ether oxygens (including phenoxy) is 2. The predicted molar refractivity (Wildman–Crippen MR) is 75.4 cm³/mol. The van der Waals surface area contributed by atoms with Gasteiger partial charge in [0.05, 0.1) is 0 Å². The molecule has 5 heteroatoms. The van der Waals surface area contributed by atoms with Crippen LogP contribution in [0.5, 0.6) is 0 Å². The molecule has 2 atom stereocenters. The van der Waals surface area contributed by atoms with Crippen LogP contribution in [0.15, 0.2) is 0 Å². The first-order chi connectivity index (χ1) is 9.40. The minimum absolute atomic E-state index is 0.140. The molecule has 0 aromatic heterocycles. The van der Waals surface area contributed by atoms with E-state index in [1.165, 1.54) is 0 Å². The lowest BCUT2D eigenvalue weighted by Gasteiger charge is -2.30. The van der Waals surface area contributed by atoms with Gasteiger partial charge in [-0.3, -0.25) is 0 Å². The van der Waals surface area contributed by atoms with Crippen molar-refractivity contribution in [2.24, 2.45) is 17.8 Å². The van der Waals surface area contributed by atoms with E-state index in [9.17, 15) is 9.90 Å². The Labute approximate surface area is 121 Å². The second-order valence-corrected chi connectivity index (χ2v) is 6.94. The molecule has 2 aliphatic rings. The normalized spacial score (nSPS) is 28.7. The Morgan fingerprint density at radius 2 is 1.95 bits per heavy atom. The lowest BCUT2D eigenvalue weighted by molar-refractivity contribution is 0.0249. The summed E-state index contributed by atoms with van der Waals surface area (Å²) < 4.78 is 10.8. The highest BCUT2D eigenvalue weighted by Gasteiger charge is 2.40. The molecule has 1 N–H and O–H groups in total. The molecule has 0 radical (unpaired) electrons. The predicted octanol–water partition coefficient (Wildman–Crippen LogP) is 1.89. The topological polar surface area (TPSA) is 59.0 Å². The average molecular weight is 285 g/mol. The fourth-order valence-electron chi connectivity index (χ4n) is 3.24. The van der Waals surface area contributed by atoms with Crippen molar-refractivity contribution in [2.45, 2.75) is 39.2 Å². The van der Waals surface area contributed by atoms with Crippen molar-refractivity contribution in [3.05, 3.63) is 0 Å². The van der Waals surface area contributed by atoms with Gasteiger partial charge in [-0.25, -0.2) is 4.79 Å². The molecule has 2 saturated heterocycles. The van der Waals surface area contributed by atoms with E-state index in [4.69, 9.17) is 9.47 Å². The number of rotatable bonds is 2. The number of carbonyl (C=O) groups excluding carboxylic acids is 1. The van der Waals surface area contributed by atoms with Gasteiger partial charge in [0.15, 0.2) is 0 Å². The van der Waals surface area contributed by atoms with Crippen LogP contribution in [0.1, 0.15) is 33.6 Å². The molecule has 0 aromatic rings. The number of aliphatic hydroxyl groups is 1. The zero-order valence-electron chi connectivity index (χ0n) is 12.8. The summed E-state index contributed by atoms with van der Waals surface area (Å²) in [5.74, 6) is 1.09. The molecule has 2 heterocycles. The van der Waals surface area contributed by atoms with Gasteiger partial charge >= 0.3 is 6.09 Å². The Bertz CT molecular complexity index is 333. The number of nitrogens with zero attached hydrogens (tertiary/aromatic N) is 1. The van der Waals surface area contributed by atoms with E-state index in [-0.39, 0.29) is 18.6 Å². The van der Waals surface area contributed by atoms with Gasteiger partial charge in [-0.15, -0.1) is 0 Å². The molecule has 0 bridgehead atoms. The average Bonchev–Trinajstić information content (AvgIpc) is 2.82. The van der Waals surface area contributed by atoms with Gasteiger partial charge in [0.25, 0.3) is 0 Å². The third-order valence-corrected chi connectivity index (χ3v) is 4.25. The third kappa shape index (κ3) is 3.85. The fourth-order valence-corrected chi connectivity index (χ4v) is 3.24. The molecule has 5 nitrogen and oxygen atoms in total. The zero-order valence-corrected chi connectivity index (χ0v) is 12.8. The SMILES string of the molecule is CC(C)(C)OC(=O)N1C[C@@H](CO)[C@H](C2CCOCC2)C1. The van der Waals surface area contributed by atoms with E-state index >= 15 is 0 Å². The number of carbonyl (C=O) groups is 1. The maximum absolute atomic E-state index is 12.1. The summed E-state index contributed by atoms with van der Waals surface area (Å²) in [5.41, 5.74) is -0.470. The van der Waals surface area contributed by atoms with Crippen LogP contribution in [-0.4, -0.2) is 54.6 Å². The van der Waals surface area contributed by atoms with Crippen LogP contribution in [0.4, 0.5) is 4.79 Å². The number of hydrogen-bond donors (Lipinski definition) is 1. The Balaban J connectivity index is 1.96. The number of likely N-dealkylation sites (tertiary alicyclic amines) is 1.